The molecule has 0 aliphatic heterocycles. The number of nitrogens with one attached hydrogen (secondary N) is 1. The number of nitrogens with zero attached hydrogens (tertiary/aromatic N) is 2. The van der Waals surface area contributed by atoms with Crippen LogP contribution < -0.4 is 5.32 Å². The van der Waals surface area contributed by atoms with Gasteiger partial charge in [0.15, 0.2) is 5.76 Å². The predicted octanol–water partition coefficient (Wildman–Crippen LogP) is 4.48. The molecule has 0 unspecified atom stereocenters. The van der Waals surface area contributed by atoms with E-state index in [1.54, 1.807) is 12.1 Å². The number of carbonyl (C=O) groups is 1. The van der Waals surface area contributed by atoms with Gasteiger partial charge >= 0.3 is 0 Å². The van der Waals surface area contributed by atoms with Crippen molar-refractivity contribution < 1.29 is 9.21 Å². The normalized spacial score (nSPS) is 12.2. The van der Waals surface area contributed by atoms with Gasteiger partial charge in [-0.2, -0.15) is 0 Å². The van der Waals surface area contributed by atoms with E-state index in [2.05, 4.69) is 47.1 Å². The topological polar surface area (TPSA) is 60.1 Å². The molecule has 2 heterocycles. The van der Waals surface area contributed by atoms with Crippen molar-refractivity contribution in [3.8, 4) is 0 Å². The van der Waals surface area contributed by atoms with Crippen molar-refractivity contribution >= 4 is 16.9 Å². The molecule has 2 aromatic carbocycles. The van der Waals surface area contributed by atoms with E-state index in [0.717, 1.165) is 16.9 Å². The maximum absolute atomic E-state index is 12.4. The molecule has 136 valence electrons. The Kier molecular flexibility index (Phi) is 4.50. The van der Waals surface area contributed by atoms with Gasteiger partial charge in [-0.1, -0.05) is 42.0 Å². The van der Waals surface area contributed by atoms with Gasteiger partial charge in [0.2, 0.25) is 0 Å². The minimum atomic E-state index is -0.264. The van der Waals surface area contributed by atoms with Gasteiger partial charge < -0.3 is 14.3 Å². The first-order valence-corrected chi connectivity index (χ1v) is 8.97. The van der Waals surface area contributed by atoms with Crippen molar-refractivity contribution in [2.75, 3.05) is 0 Å². The number of amides is 1. The Morgan fingerprint density at radius 3 is 2.78 bits per heavy atom. The van der Waals surface area contributed by atoms with Crippen LogP contribution in [0.4, 0.5) is 0 Å². The van der Waals surface area contributed by atoms with Crippen LogP contribution >= 0.6 is 0 Å². The highest BCUT2D eigenvalue weighted by Crippen LogP contribution is 2.23. The lowest BCUT2D eigenvalue weighted by molar-refractivity contribution is 0.0909. The van der Waals surface area contributed by atoms with Crippen LogP contribution in [0.2, 0.25) is 0 Å². The van der Waals surface area contributed by atoms with Crippen LogP contribution in [0.15, 0.2) is 71.3 Å². The molecule has 0 aliphatic carbocycles. The number of hydrogen-bond donors (Lipinski definition) is 1. The summed E-state index contributed by atoms with van der Waals surface area (Å²) in [6.45, 7) is 4.72. The van der Waals surface area contributed by atoms with Gasteiger partial charge in [0.05, 0.1) is 23.3 Å². The average Bonchev–Trinajstić information content (AvgIpc) is 3.30. The maximum atomic E-state index is 12.4. The summed E-state index contributed by atoms with van der Waals surface area (Å²) in [5.74, 6) is 0.863. The molecule has 1 atom stereocenters. The highest BCUT2D eigenvalue weighted by molar-refractivity contribution is 5.91. The molecule has 1 N–H and O–H groups in total. The van der Waals surface area contributed by atoms with Gasteiger partial charge in [0, 0.05) is 6.54 Å². The summed E-state index contributed by atoms with van der Waals surface area (Å²) in [4.78, 5) is 17.2. The molecule has 5 heteroatoms. The molecule has 27 heavy (non-hydrogen) atoms. The molecule has 0 fully saturated rings. The SMILES string of the molecule is Cc1cccc(Cn2c([C@@H](C)NC(=O)c3ccco3)nc3ccccc32)c1. The van der Waals surface area contributed by atoms with E-state index in [-0.39, 0.29) is 11.9 Å². The molecular weight excluding hydrogens is 338 g/mol. The first kappa shape index (κ1) is 17.1. The summed E-state index contributed by atoms with van der Waals surface area (Å²) in [5.41, 5.74) is 4.38. The first-order chi connectivity index (χ1) is 13.1. The molecule has 4 rings (SSSR count). The van der Waals surface area contributed by atoms with E-state index in [1.165, 1.54) is 17.4 Å². The van der Waals surface area contributed by atoms with Crippen molar-refractivity contribution in [2.45, 2.75) is 26.4 Å². The van der Waals surface area contributed by atoms with Crippen molar-refractivity contribution in [3.63, 3.8) is 0 Å². The highest BCUT2D eigenvalue weighted by atomic mass is 16.3. The number of imidazole rings is 1. The maximum Gasteiger partial charge on any atom is 0.287 e. The minimum absolute atomic E-state index is 0.248. The Morgan fingerprint density at radius 2 is 2.00 bits per heavy atom. The van der Waals surface area contributed by atoms with Crippen LogP contribution in [0.25, 0.3) is 11.0 Å². The number of aryl methyl sites for hydroxylation is 1. The molecule has 0 aliphatic rings. The Balaban J connectivity index is 1.70. The van der Waals surface area contributed by atoms with E-state index in [1.807, 2.05) is 25.1 Å². The van der Waals surface area contributed by atoms with Gasteiger partial charge in [-0.15, -0.1) is 0 Å². The molecule has 0 spiro atoms. The Labute approximate surface area is 157 Å². The molecule has 5 nitrogen and oxygen atoms in total. The fraction of sp³-hybridized carbons (Fsp3) is 0.182. The van der Waals surface area contributed by atoms with Crippen molar-refractivity contribution in [3.05, 3.63) is 89.6 Å². The van der Waals surface area contributed by atoms with Crippen molar-refractivity contribution in [1.82, 2.24) is 14.9 Å². The van der Waals surface area contributed by atoms with Gasteiger partial charge in [-0.25, -0.2) is 4.98 Å². The summed E-state index contributed by atoms with van der Waals surface area (Å²) < 4.78 is 7.35. The van der Waals surface area contributed by atoms with Crippen LogP contribution in [0.1, 0.15) is 40.5 Å². The van der Waals surface area contributed by atoms with Crippen LogP contribution in [-0.2, 0) is 6.54 Å². The fourth-order valence-corrected chi connectivity index (χ4v) is 3.32. The summed E-state index contributed by atoms with van der Waals surface area (Å²) in [6, 6.07) is 19.5. The fourth-order valence-electron chi connectivity index (χ4n) is 3.32. The number of para-hydroxylation sites is 2. The molecule has 0 radical (unpaired) electrons. The van der Waals surface area contributed by atoms with E-state index in [4.69, 9.17) is 9.40 Å². The number of furan rings is 1. The van der Waals surface area contributed by atoms with Crippen molar-refractivity contribution in [2.24, 2.45) is 0 Å². The van der Waals surface area contributed by atoms with Crippen LogP contribution in [-0.4, -0.2) is 15.5 Å². The van der Waals surface area contributed by atoms with Gasteiger partial charge in [-0.3, -0.25) is 4.79 Å². The Morgan fingerprint density at radius 1 is 1.15 bits per heavy atom. The summed E-state index contributed by atoms with van der Waals surface area (Å²) in [6.07, 6.45) is 1.49. The lowest BCUT2D eigenvalue weighted by atomic mass is 10.1. The second kappa shape index (κ2) is 7.11. The van der Waals surface area contributed by atoms with Gasteiger partial charge in [-0.05, 0) is 43.7 Å². The molecule has 4 aromatic rings. The quantitative estimate of drug-likeness (QED) is 0.572. The third-order valence-electron chi connectivity index (χ3n) is 4.59. The van der Waals surface area contributed by atoms with E-state index in [9.17, 15) is 4.79 Å². The average molecular weight is 359 g/mol. The third kappa shape index (κ3) is 3.49. The second-order valence-corrected chi connectivity index (χ2v) is 6.71. The van der Waals surface area contributed by atoms with Gasteiger partial charge in [0.1, 0.15) is 5.82 Å². The van der Waals surface area contributed by atoms with Gasteiger partial charge in [0.25, 0.3) is 5.91 Å². The number of carbonyl (C=O) groups excluding carboxylic acids is 1. The van der Waals surface area contributed by atoms with E-state index >= 15 is 0 Å². The van der Waals surface area contributed by atoms with Crippen LogP contribution in [0.3, 0.4) is 0 Å². The van der Waals surface area contributed by atoms with Crippen LogP contribution in [0, 0.1) is 6.92 Å². The summed E-state index contributed by atoms with van der Waals surface area (Å²) >= 11 is 0. The zero-order valence-electron chi connectivity index (χ0n) is 15.3. The second-order valence-electron chi connectivity index (χ2n) is 6.71. The predicted molar refractivity (Wildman–Crippen MR) is 105 cm³/mol. The summed E-state index contributed by atoms with van der Waals surface area (Å²) in [5, 5.41) is 2.98. The molecule has 2 aromatic heterocycles. The molecule has 0 bridgehead atoms. The Bertz CT molecular complexity index is 1080. The van der Waals surface area contributed by atoms with E-state index in [0.29, 0.717) is 12.3 Å². The number of fused-ring (bicyclic) bond motifs is 1. The zero-order valence-corrected chi connectivity index (χ0v) is 15.3. The van der Waals surface area contributed by atoms with Crippen LogP contribution in [0.5, 0.6) is 0 Å². The number of hydrogen-bond acceptors (Lipinski definition) is 3. The van der Waals surface area contributed by atoms with Crippen molar-refractivity contribution in [1.29, 1.82) is 0 Å². The number of benzene rings is 2. The lowest BCUT2D eigenvalue weighted by Crippen LogP contribution is -2.28. The standard InChI is InChI=1S/C22H21N3O2/c1-15-7-5-8-17(13-15)14-25-19-10-4-3-9-18(19)24-21(25)16(2)23-22(26)20-11-6-12-27-20/h3-13,16H,14H2,1-2H3,(H,23,26)/t16-/m1/s1. The smallest absolute Gasteiger partial charge is 0.287 e. The molecular formula is C22H21N3O2. The third-order valence-corrected chi connectivity index (χ3v) is 4.59. The Hall–Kier alpha value is -3.34. The largest absolute Gasteiger partial charge is 0.459 e. The summed E-state index contributed by atoms with van der Waals surface area (Å²) in [7, 11) is 0. The molecule has 0 saturated carbocycles. The zero-order chi connectivity index (χ0) is 18.8. The number of rotatable bonds is 5. The van der Waals surface area contributed by atoms with E-state index < -0.39 is 0 Å². The minimum Gasteiger partial charge on any atom is -0.459 e. The highest BCUT2D eigenvalue weighted by Gasteiger charge is 2.20. The lowest BCUT2D eigenvalue weighted by Gasteiger charge is -2.16. The number of aromatic nitrogens is 2. The molecule has 1 amide bonds. The first-order valence-electron chi connectivity index (χ1n) is 8.97. The molecule has 0 saturated heterocycles. The monoisotopic (exact) mass is 359 g/mol.